The summed E-state index contributed by atoms with van der Waals surface area (Å²) in [4.78, 5) is 48.6. The molecular weight excluding hydrogens is 316 g/mol. The van der Waals surface area contributed by atoms with Crippen LogP contribution in [-0.4, -0.2) is 64.9 Å². The highest BCUT2D eigenvalue weighted by Gasteiger charge is 2.38. The van der Waals surface area contributed by atoms with Gasteiger partial charge in [-0.15, -0.1) is 0 Å². The Bertz CT molecular complexity index is 518. The molecule has 0 aromatic rings. The number of carboxylic acids is 1. The van der Waals surface area contributed by atoms with Gasteiger partial charge in [0, 0.05) is 13.0 Å². The quantitative estimate of drug-likeness (QED) is 0.447. The summed E-state index contributed by atoms with van der Waals surface area (Å²) < 4.78 is 0. The molecule has 2 aliphatic heterocycles. The highest BCUT2D eigenvalue weighted by molar-refractivity contribution is 5.93. The minimum atomic E-state index is -1.07. The van der Waals surface area contributed by atoms with Crippen molar-refractivity contribution in [1.29, 1.82) is 0 Å². The zero-order valence-corrected chi connectivity index (χ0v) is 13.5. The molecule has 0 aliphatic carbocycles. The zero-order chi connectivity index (χ0) is 17.7. The number of carbonyl (C=O) groups is 4. The summed E-state index contributed by atoms with van der Waals surface area (Å²) in [6, 6.07) is -1.93. The number of amides is 3. The van der Waals surface area contributed by atoms with E-state index in [1.165, 1.54) is 0 Å². The number of carboxylic acid groups (broad SMARTS) is 1. The second kappa shape index (κ2) is 8.09. The first kappa shape index (κ1) is 18.2. The van der Waals surface area contributed by atoms with Gasteiger partial charge in [0.25, 0.3) is 0 Å². The highest BCUT2D eigenvalue weighted by atomic mass is 16.4. The summed E-state index contributed by atoms with van der Waals surface area (Å²) >= 11 is 0. The zero-order valence-electron chi connectivity index (χ0n) is 13.5. The number of nitrogens with two attached hydrogens (primary N) is 1. The van der Waals surface area contributed by atoms with Gasteiger partial charge in [0.2, 0.25) is 17.7 Å². The predicted octanol–water partition coefficient (Wildman–Crippen LogP) is -1.44. The molecule has 0 spiro atoms. The fraction of sp³-hybridized carbons (Fsp3) is 0.733. The van der Waals surface area contributed by atoms with Gasteiger partial charge in [-0.25, -0.2) is 0 Å². The average molecular weight is 340 g/mol. The molecule has 0 aromatic heterocycles. The Labute approximate surface area is 139 Å². The molecule has 0 radical (unpaired) electrons. The monoisotopic (exact) mass is 340 g/mol. The third kappa shape index (κ3) is 4.44. The maximum absolute atomic E-state index is 12.5. The highest BCUT2D eigenvalue weighted by Crippen LogP contribution is 2.21. The SMILES string of the molecule is NC(=O)[C@H](CCC(=O)O)NC(=O)C1CCCN1C(=O)[C@H]1CCCN1. The second-order valence-corrected chi connectivity index (χ2v) is 6.23. The van der Waals surface area contributed by atoms with Crippen LogP contribution in [0.2, 0.25) is 0 Å². The fourth-order valence-corrected chi connectivity index (χ4v) is 3.22. The van der Waals surface area contributed by atoms with Crippen LogP contribution in [-0.2, 0) is 19.2 Å². The fourth-order valence-electron chi connectivity index (χ4n) is 3.22. The number of aliphatic carboxylic acids is 1. The topological polar surface area (TPSA) is 142 Å². The molecular formula is C15H24N4O5. The van der Waals surface area contributed by atoms with Gasteiger partial charge in [-0.1, -0.05) is 0 Å². The van der Waals surface area contributed by atoms with E-state index < -0.39 is 29.9 Å². The van der Waals surface area contributed by atoms with Gasteiger partial charge >= 0.3 is 5.97 Å². The first-order chi connectivity index (χ1) is 11.4. The number of nitrogens with zero attached hydrogens (tertiary/aromatic N) is 1. The van der Waals surface area contributed by atoms with Gasteiger partial charge in [0.05, 0.1) is 6.04 Å². The Morgan fingerprint density at radius 1 is 1.25 bits per heavy atom. The lowest BCUT2D eigenvalue weighted by Gasteiger charge is -2.27. The Balaban J connectivity index is 1.97. The largest absolute Gasteiger partial charge is 0.481 e. The Hall–Kier alpha value is -2.16. The predicted molar refractivity (Wildman–Crippen MR) is 83.8 cm³/mol. The van der Waals surface area contributed by atoms with Crippen molar-refractivity contribution in [2.45, 2.75) is 56.7 Å². The Kier molecular flexibility index (Phi) is 6.13. The Morgan fingerprint density at radius 2 is 2.00 bits per heavy atom. The number of likely N-dealkylation sites (tertiary alicyclic amines) is 1. The van der Waals surface area contributed by atoms with Crippen LogP contribution in [0.3, 0.4) is 0 Å². The maximum atomic E-state index is 12.5. The molecule has 2 heterocycles. The number of carbonyl (C=O) groups excluding carboxylic acids is 3. The summed E-state index contributed by atoms with van der Waals surface area (Å²) in [5, 5.41) is 14.3. The first-order valence-corrected chi connectivity index (χ1v) is 8.25. The van der Waals surface area contributed by atoms with Crippen LogP contribution in [0.15, 0.2) is 0 Å². The normalized spacial score (nSPS) is 24.6. The molecule has 2 saturated heterocycles. The van der Waals surface area contributed by atoms with Crippen LogP contribution in [0.4, 0.5) is 0 Å². The van der Waals surface area contributed by atoms with Gasteiger partial charge < -0.3 is 26.4 Å². The van der Waals surface area contributed by atoms with Crippen LogP contribution in [0.25, 0.3) is 0 Å². The molecule has 134 valence electrons. The molecule has 0 bridgehead atoms. The summed E-state index contributed by atoms with van der Waals surface area (Å²) in [5.41, 5.74) is 5.23. The van der Waals surface area contributed by atoms with E-state index in [1.54, 1.807) is 4.90 Å². The third-order valence-corrected chi connectivity index (χ3v) is 4.50. The summed E-state index contributed by atoms with van der Waals surface area (Å²) in [7, 11) is 0. The van der Waals surface area contributed by atoms with Crippen LogP contribution >= 0.6 is 0 Å². The van der Waals surface area contributed by atoms with Gasteiger partial charge in [-0.05, 0) is 38.6 Å². The number of primary amides is 1. The molecule has 3 atom stereocenters. The molecule has 2 rings (SSSR count). The molecule has 2 fully saturated rings. The molecule has 1 unspecified atom stereocenters. The molecule has 2 aliphatic rings. The minimum Gasteiger partial charge on any atom is -0.481 e. The maximum Gasteiger partial charge on any atom is 0.303 e. The third-order valence-electron chi connectivity index (χ3n) is 4.50. The first-order valence-electron chi connectivity index (χ1n) is 8.25. The van der Waals surface area contributed by atoms with Gasteiger partial charge in [-0.3, -0.25) is 19.2 Å². The smallest absolute Gasteiger partial charge is 0.303 e. The van der Waals surface area contributed by atoms with Crippen molar-refractivity contribution < 1.29 is 24.3 Å². The number of hydrogen-bond acceptors (Lipinski definition) is 5. The lowest BCUT2D eigenvalue weighted by molar-refractivity contribution is -0.140. The van der Waals surface area contributed by atoms with Crippen molar-refractivity contribution in [3.63, 3.8) is 0 Å². The van der Waals surface area contributed by atoms with Crippen molar-refractivity contribution in [1.82, 2.24) is 15.5 Å². The molecule has 5 N–H and O–H groups in total. The number of nitrogens with one attached hydrogen (secondary N) is 2. The van der Waals surface area contributed by atoms with Crippen molar-refractivity contribution in [3.8, 4) is 0 Å². The standard InChI is InChI=1S/C15H24N4O5/c16-13(22)9(5-6-12(20)21)18-14(23)11-4-2-8-19(11)15(24)10-3-1-7-17-10/h9-11,17H,1-8H2,(H2,16,22)(H,18,23)(H,20,21)/t9-,10+,11?/m0/s1. The Morgan fingerprint density at radius 3 is 2.58 bits per heavy atom. The van der Waals surface area contributed by atoms with E-state index in [-0.39, 0.29) is 24.8 Å². The minimum absolute atomic E-state index is 0.0682. The molecule has 24 heavy (non-hydrogen) atoms. The van der Waals surface area contributed by atoms with E-state index in [0.717, 1.165) is 19.4 Å². The molecule has 0 aromatic carbocycles. The molecule has 9 nitrogen and oxygen atoms in total. The second-order valence-electron chi connectivity index (χ2n) is 6.23. The molecule has 3 amide bonds. The van der Waals surface area contributed by atoms with Gasteiger partial charge in [0.15, 0.2) is 0 Å². The van der Waals surface area contributed by atoms with E-state index >= 15 is 0 Å². The summed E-state index contributed by atoms with van der Waals surface area (Å²) in [6.07, 6.45) is 2.59. The van der Waals surface area contributed by atoms with Crippen molar-refractivity contribution in [2.24, 2.45) is 5.73 Å². The van der Waals surface area contributed by atoms with Crippen LogP contribution in [0.1, 0.15) is 38.5 Å². The van der Waals surface area contributed by atoms with E-state index in [2.05, 4.69) is 10.6 Å². The lowest BCUT2D eigenvalue weighted by Crippen LogP contribution is -2.54. The van der Waals surface area contributed by atoms with Gasteiger partial charge in [0.1, 0.15) is 12.1 Å². The van der Waals surface area contributed by atoms with Crippen LogP contribution in [0, 0.1) is 0 Å². The molecule has 0 saturated carbocycles. The summed E-state index contributed by atoms with van der Waals surface area (Å²) in [5.74, 6) is -2.39. The van der Waals surface area contributed by atoms with Crippen molar-refractivity contribution in [3.05, 3.63) is 0 Å². The number of hydrogen-bond donors (Lipinski definition) is 4. The van der Waals surface area contributed by atoms with E-state index in [9.17, 15) is 19.2 Å². The summed E-state index contributed by atoms with van der Waals surface area (Å²) in [6.45, 7) is 1.30. The van der Waals surface area contributed by atoms with E-state index in [0.29, 0.717) is 19.4 Å². The van der Waals surface area contributed by atoms with Gasteiger partial charge in [-0.2, -0.15) is 0 Å². The lowest BCUT2D eigenvalue weighted by atomic mass is 10.1. The van der Waals surface area contributed by atoms with E-state index in [4.69, 9.17) is 10.8 Å². The van der Waals surface area contributed by atoms with Crippen molar-refractivity contribution >= 4 is 23.7 Å². The van der Waals surface area contributed by atoms with Crippen molar-refractivity contribution in [2.75, 3.05) is 13.1 Å². The number of rotatable bonds is 7. The molecule has 9 heteroatoms. The van der Waals surface area contributed by atoms with Crippen LogP contribution in [0.5, 0.6) is 0 Å². The average Bonchev–Trinajstić information content (AvgIpc) is 3.20. The van der Waals surface area contributed by atoms with E-state index in [1.807, 2.05) is 0 Å². The van der Waals surface area contributed by atoms with Crippen LogP contribution < -0.4 is 16.4 Å².